The normalized spacial score (nSPS) is 25.1. The largest absolute Gasteiger partial charge is 0.461 e. The molecule has 0 aromatic carbocycles. The van der Waals surface area contributed by atoms with Crippen LogP contribution in [0.25, 0.3) is 11.6 Å². The van der Waals surface area contributed by atoms with Crippen molar-refractivity contribution in [3.05, 3.63) is 42.6 Å². The number of fused-ring (bicyclic) bond motifs is 4. The lowest BCUT2D eigenvalue weighted by atomic mass is 9.64. The molecule has 7 heteroatoms. The Kier molecular flexibility index (Phi) is 4.11. The zero-order chi connectivity index (χ0) is 20.1. The predicted molar refractivity (Wildman–Crippen MR) is 110 cm³/mol. The first-order valence-corrected chi connectivity index (χ1v) is 11.2. The second kappa shape index (κ2) is 6.86. The van der Waals surface area contributed by atoms with Crippen LogP contribution in [0.15, 0.2) is 45.6 Å². The fourth-order valence-electron chi connectivity index (χ4n) is 6.13. The van der Waals surface area contributed by atoms with Crippen LogP contribution in [0.2, 0.25) is 0 Å². The Morgan fingerprint density at radius 2 is 1.80 bits per heavy atom. The van der Waals surface area contributed by atoms with Crippen molar-refractivity contribution in [2.75, 3.05) is 4.90 Å². The van der Waals surface area contributed by atoms with Crippen molar-refractivity contribution in [1.29, 1.82) is 0 Å². The molecule has 0 unspecified atom stereocenters. The van der Waals surface area contributed by atoms with Gasteiger partial charge in [0.1, 0.15) is 0 Å². The molecular weight excluding hydrogens is 380 g/mol. The van der Waals surface area contributed by atoms with E-state index in [2.05, 4.69) is 4.68 Å². The molecule has 2 saturated carbocycles. The van der Waals surface area contributed by atoms with E-state index in [1.54, 1.807) is 24.7 Å². The van der Waals surface area contributed by atoms with E-state index in [4.69, 9.17) is 18.9 Å². The van der Waals surface area contributed by atoms with Crippen LogP contribution >= 0.6 is 0 Å². The van der Waals surface area contributed by atoms with Gasteiger partial charge in [0.2, 0.25) is 11.8 Å². The highest BCUT2D eigenvalue weighted by Crippen LogP contribution is 2.53. The van der Waals surface area contributed by atoms with Gasteiger partial charge in [-0.2, -0.15) is 4.98 Å². The van der Waals surface area contributed by atoms with Gasteiger partial charge < -0.3 is 8.83 Å². The number of hydrogen-bond donors (Lipinski definition) is 0. The van der Waals surface area contributed by atoms with Gasteiger partial charge >= 0.3 is 0 Å². The molecule has 0 saturated heterocycles. The van der Waals surface area contributed by atoms with Gasteiger partial charge in [-0.05, 0) is 49.9 Å². The molecule has 2 atom stereocenters. The number of hydrogen-bond acceptors (Lipinski definition) is 5. The highest BCUT2D eigenvalue weighted by atomic mass is 16.3. The predicted octanol–water partition coefficient (Wildman–Crippen LogP) is 5.01. The van der Waals surface area contributed by atoms with Gasteiger partial charge in [-0.25, -0.2) is 4.68 Å². The first-order valence-electron chi connectivity index (χ1n) is 11.2. The van der Waals surface area contributed by atoms with Gasteiger partial charge in [0.15, 0.2) is 11.5 Å². The maximum absolute atomic E-state index is 13.6. The molecule has 156 valence electrons. The summed E-state index contributed by atoms with van der Waals surface area (Å²) in [5.41, 5.74) is -0.0591. The zero-order valence-electron chi connectivity index (χ0n) is 17.0. The quantitative estimate of drug-likeness (QED) is 0.598. The maximum atomic E-state index is 13.6. The fourth-order valence-corrected chi connectivity index (χ4v) is 6.13. The number of carbonyl (C=O) groups is 1. The average Bonchev–Trinajstić information content (AvgIpc) is 3.56. The highest BCUT2D eigenvalue weighted by molar-refractivity contribution is 6.04. The number of rotatable bonds is 2. The van der Waals surface area contributed by atoms with Crippen LogP contribution in [0.4, 0.5) is 5.95 Å². The Morgan fingerprint density at radius 3 is 2.57 bits per heavy atom. The van der Waals surface area contributed by atoms with Crippen molar-refractivity contribution in [2.24, 2.45) is 5.92 Å². The molecule has 6 rings (SSSR count). The number of nitrogens with zero attached hydrogens (tertiary/aromatic N) is 4. The molecule has 0 radical (unpaired) electrons. The van der Waals surface area contributed by atoms with Crippen LogP contribution in [-0.2, 0) is 5.54 Å². The number of aromatic nitrogens is 3. The Balaban J connectivity index is 1.55. The van der Waals surface area contributed by atoms with Crippen LogP contribution in [0.5, 0.6) is 0 Å². The summed E-state index contributed by atoms with van der Waals surface area (Å²) in [6, 6.07) is 7.35. The minimum Gasteiger partial charge on any atom is -0.461 e. The summed E-state index contributed by atoms with van der Waals surface area (Å²) in [4.78, 5) is 20.3. The molecule has 2 aliphatic carbocycles. The van der Waals surface area contributed by atoms with Crippen LogP contribution in [0, 0.1) is 5.92 Å². The summed E-state index contributed by atoms with van der Waals surface area (Å²) in [6.45, 7) is 0. The van der Waals surface area contributed by atoms with Crippen molar-refractivity contribution in [3.8, 4) is 11.6 Å². The van der Waals surface area contributed by atoms with E-state index in [1.165, 1.54) is 25.7 Å². The Morgan fingerprint density at radius 1 is 1.00 bits per heavy atom. The van der Waals surface area contributed by atoms with Gasteiger partial charge in [0.25, 0.3) is 5.91 Å². The lowest BCUT2D eigenvalue weighted by Crippen LogP contribution is -2.61. The summed E-state index contributed by atoms with van der Waals surface area (Å²) in [6.07, 6.45) is 13.5. The number of amides is 1. The van der Waals surface area contributed by atoms with Gasteiger partial charge in [-0.15, -0.1) is 5.10 Å². The van der Waals surface area contributed by atoms with Crippen molar-refractivity contribution < 1.29 is 13.6 Å². The molecule has 1 aliphatic heterocycles. The van der Waals surface area contributed by atoms with Gasteiger partial charge in [0.05, 0.1) is 18.1 Å². The molecule has 0 bridgehead atoms. The zero-order valence-corrected chi connectivity index (χ0v) is 17.0. The van der Waals surface area contributed by atoms with Crippen molar-refractivity contribution in [3.63, 3.8) is 0 Å². The molecule has 1 spiro atoms. The molecule has 7 nitrogen and oxygen atoms in total. The lowest BCUT2D eigenvalue weighted by molar-refractivity contribution is 0.0309. The van der Waals surface area contributed by atoms with Crippen LogP contribution in [0.3, 0.4) is 0 Å². The number of carbonyl (C=O) groups excluding carboxylic acids is 1. The minimum atomic E-state index is -0.123. The van der Waals surface area contributed by atoms with E-state index >= 15 is 0 Å². The summed E-state index contributed by atoms with van der Waals surface area (Å²) in [5, 5.41) is 4.96. The first-order chi connectivity index (χ1) is 14.8. The van der Waals surface area contributed by atoms with Crippen LogP contribution in [0.1, 0.15) is 68.3 Å². The molecule has 3 aromatic heterocycles. The molecule has 4 heterocycles. The lowest BCUT2D eigenvalue weighted by Gasteiger charge is -2.55. The van der Waals surface area contributed by atoms with E-state index in [1.807, 2.05) is 17.0 Å². The van der Waals surface area contributed by atoms with E-state index in [9.17, 15) is 4.79 Å². The van der Waals surface area contributed by atoms with E-state index in [-0.39, 0.29) is 17.5 Å². The third-order valence-electron chi connectivity index (χ3n) is 7.39. The smallest absolute Gasteiger partial charge is 0.296 e. The average molecular weight is 406 g/mol. The summed E-state index contributed by atoms with van der Waals surface area (Å²) >= 11 is 0. The Labute approximate surface area is 175 Å². The Bertz CT molecular complexity index is 1030. The molecule has 1 amide bonds. The van der Waals surface area contributed by atoms with Gasteiger partial charge in [0, 0.05) is 12.0 Å². The second-order valence-corrected chi connectivity index (χ2v) is 8.90. The highest BCUT2D eigenvalue weighted by Gasteiger charge is 2.55. The van der Waals surface area contributed by atoms with Gasteiger partial charge in [-0.1, -0.05) is 32.1 Å². The minimum absolute atomic E-state index is 0.0591. The topological polar surface area (TPSA) is 77.3 Å². The summed E-state index contributed by atoms with van der Waals surface area (Å²) in [5.74, 6) is 2.46. The third kappa shape index (κ3) is 2.53. The van der Waals surface area contributed by atoms with Crippen LogP contribution < -0.4 is 4.90 Å². The van der Waals surface area contributed by atoms with Crippen molar-refractivity contribution in [2.45, 2.75) is 69.4 Å². The van der Waals surface area contributed by atoms with E-state index in [0.29, 0.717) is 29.2 Å². The fraction of sp³-hybridized carbons (Fsp3) is 0.522. The number of furan rings is 2. The molecule has 3 aromatic rings. The SMILES string of the molecule is O=C(c1ccco1)N1c2nc(-c3ccco3)nn2C2(CCCCC2)[C@@H]2CCCC[C@@H]21. The first kappa shape index (κ1) is 18.0. The van der Waals surface area contributed by atoms with Crippen molar-refractivity contribution >= 4 is 11.9 Å². The summed E-state index contributed by atoms with van der Waals surface area (Å²) in [7, 11) is 0. The molecule has 2 fully saturated rings. The van der Waals surface area contributed by atoms with E-state index < -0.39 is 0 Å². The van der Waals surface area contributed by atoms with Crippen molar-refractivity contribution in [1.82, 2.24) is 14.8 Å². The molecule has 30 heavy (non-hydrogen) atoms. The van der Waals surface area contributed by atoms with E-state index in [0.717, 1.165) is 32.1 Å². The van der Waals surface area contributed by atoms with Gasteiger partial charge in [-0.3, -0.25) is 9.69 Å². The second-order valence-electron chi connectivity index (χ2n) is 8.90. The summed E-state index contributed by atoms with van der Waals surface area (Å²) < 4.78 is 13.2. The third-order valence-corrected chi connectivity index (χ3v) is 7.39. The monoisotopic (exact) mass is 406 g/mol. The molecule has 3 aliphatic rings. The maximum Gasteiger partial charge on any atom is 0.296 e. The molecular formula is C23H26N4O3. The number of anilines is 1. The molecule has 0 N–H and O–H groups in total. The standard InChI is InChI=1S/C23H26N4O3/c28-21(19-11-7-15-30-19)26-17-9-3-2-8-16(17)23(12-4-1-5-13-23)27-22(26)24-20(25-27)18-10-6-14-29-18/h6-7,10-11,14-17H,1-5,8-9,12-13H2/t16-,17+/m1/s1. The Hall–Kier alpha value is -2.83. The van der Waals surface area contributed by atoms with Crippen LogP contribution in [-0.4, -0.2) is 26.7 Å².